The molecule has 31 heavy (non-hydrogen) atoms. The van der Waals surface area contributed by atoms with Gasteiger partial charge in [0.1, 0.15) is 0 Å². The third-order valence-electron chi connectivity index (χ3n) is 5.96. The van der Waals surface area contributed by atoms with E-state index in [1.165, 1.54) is 12.8 Å². The first-order valence-corrected chi connectivity index (χ1v) is 10.9. The normalized spacial score (nSPS) is 16.8. The van der Waals surface area contributed by atoms with Crippen molar-refractivity contribution in [1.82, 2.24) is 15.1 Å². The van der Waals surface area contributed by atoms with Crippen LogP contribution in [-0.4, -0.2) is 59.9 Å². The fraction of sp³-hybridized carbons (Fsp3) is 0.375. The molecule has 1 aliphatic heterocycles. The van der Waals surface area contributed by atoms with Crippen LogP contribution in [0.3, 0.4) is 0 Å². The molecule has 0 spiro atoms. The van der Waals surface area contributed by atoms with Crippen molar-refractivity contribution in [3.63, 3.8) is 0 Å². The molecule has 2 aromatic carbocycles. The van der Waals surface area contributed by atoms with Gasteiger partial charge in [-0.15, -0.1) is 0 Å². The Balaban J connectivity index is 1.26. The lowest BCUT2D eigenvalue weighted by atomic mass is 10.1. The van der Waals surface area contributed by atoms with Gasteiger partial charge in [0.15, 0.2) is 0 Å². The zero-order valence-corrected chi connectivity index (χ0v) is 17.5. The summed E-state index contributed by atoms with van der Waals surface area (Å²) in [5.74, 6) is -0.0730. The number of nitrogens with one attached hydrogen (secondary N) is 2. The van der Waals surface area contributed by atoms with Gasteiger partial charge < -0.3 is 20.4 Å². The zero-order valence-electron chi connectivity index (χ0n) is 17.5. The number of carbonyl (C=O) groups is 3. The summed E-state index contributed by atoms with van der Waals surface area (Å²) in [6.45, 7) is 1.96. The van der Waals surface area contributed by atoms with Crippen molar-refractivity contribution in [2.75, 3.05) is 31.5 Å². The first-order chi connectivity index (χ1) is 15.1. The molecule has 162 valence electrons. The molecule has 2 aromatic rings. The molecule has 7 heteroatoms. The SMILES string of the molecule is O=C(NC1CCCC1)c1ccc(NC(=O)N2CCN(C(=O)c3ccccc3)CC2)cc1. The highest BCUT2D eigenvalue weighted by atomic mass is 16.2. The minimum Gasteiger partial charge on any atom is -0.349 e. The van der Waals surface area contributed by atoms with E-state index in [9.17, 15) is 14.4 Å². The molecular formula is C24H28N4O3. The highest BCUT2D eigenvalue weighted by Crippen LogP contribution is 2.19. The maximum Gasteiger partial charge on any atom is 0.321 e. The largest absolute Gasteiger partial charge is 0.349 e. The Bertz CT molecular complexity index is 916. The third kappa shape index (κ3) is 5.23. The summed E-state index contributed by atoms with van der Waals surface area (Å²) in [6, 6.07) is 16.2. The predicted octanol–water partition coefficient (Wildman–Crippen LogP) is 3.35. The number of rotatable bonds is 4. The molecule has 1 aliphatic carbocycles. The maximum atomic E-state index is 12.6. The standard InChI is InChI=1S/C24H28N4O3/c29-22(25-20-8-4-5-9-20)18-10-12-21(13-11-18)26-24(31)28-16-14-27(15-17-28)23(30)19-6-2-1-3-7-19/h1-3,6-7,10-13,20H,4-5,8-9,14-17H2,(H,25,29)(H,26,31). The van der Waals surface area contributed by atoms with E-state index in [2.05, 4.69) is 10.6 Å². The van der Waals surface area contributed by atoms with Crippen molar-refractivity contribution in [2.45, 2.75) is 31.7 Å². The van der Waals surface area contributed by atoms with Gasteiger partial charge in [0.05, 0.1) is 0 Å². The molecule has 0 radical (unpaired) electrons. The van der Waals surface area contributed by atoms with E-state index < -0.39 is 0 Å². The van der Waals surface area contributed by atoms with Gasteiger partial charge >= 0.3 is 6.03 Å². The van der Waals surface area contributed by atoms with Gasteiger partial charge in [-0.3, -0.25) is 9.59 Å². The Labute approximate surface area is 182 Å². The highest BCUT2D eigenvalue weighted by Gasteiger charge is 2.25. The van der Waals surface area contributed by atoms with Gasteiger partial charge in [-0.05, 0) is 49.2 Å². The lowest BCUT2D eigenvalue weighted by Gasteiger charge is -2.34. The number of piperazine rings is 1. The van der Waals surface area contributed by atoms with Crippen molar-refractivity contribution >= 4 is 23.5 Å². The number of benzene rings is 2. The van der Waals surface area contributed by atoms with Gasteiger partial charge in [0, 0.05) is 49.0 Å². The number of nitrogens with zero attached hydrogens (tertiary/aromatic N) is 2. The minimum atomic E-state index is -0.199. The number of amides is 4. The molecule has 4 rings (SSSR count). The summed E-state index contributed by atoms with van der Waals surface area (Å²) >= 11 is 0. The molecule has 1 heterocycles. The summed E-state index contributed by atoms with van der Waals surface area (Å²) in [5.41, 5.74) is 1.90. The Morgan fingerprint density at radius 1 is 0.742 bits per heavy atom. The van der Waals surface area contributed by atoms with Crippen LogP contribution in [0.15, 0.2) is 54.6 Å². The summed E-state index contributed by atoms with van der Waals surface area (Å²) in [4.78, 5) is 40.9. The number of carbonyl (C=O) groups excluding carboxylic acids is 3. The van der Waals surface area contributed by atoms with Crippen molar-refractivity contribution in [1.29, 1.82) is 0 Å². The number of urea groups is 1. The van der Waals surface area contributed by atoms with Gasteiger partial charge in [-0.25, -0.2) is 4.79 Å². The van der Waals surface area contributed by atoms with Crippen LogP contribution in [0.25, 0.3) is 0 Å². The van der Waals surface area contributed by atoms with Crippen LogP contribution >= 0.6 is 0 Å². The van der Waals surface area contributed by atoms with E-state index in [0.29, 0.717) is 43.0 Å². The number of hydrogen-bond donors (Lipinski definition) is 2. The molecule has 2 fully saturated rings. The topological polar surface area (TPSA) is 81.8 Å². The average Bonchev–Trinajstić information content (AvgIpc) is 3.33. The van der Waals surface area contributed by atoms with Gasteiger partial charge in [0.25, 0.3) is 11.8 Å². The predicted molar refractivity (Wildman–Crippen MR) is 119 cm³/mol. The number of anilines is 1. The van der Waals surface area contributed by atoms with Crippen LogP contribution in [0, 0.1) is 0 Å². The fourth-order valence-corrected chi connectivity index (χ4v) is 4.12. The van der Waals surface area contributed by atoms with Gasteiger partial charge in [0.2, 0.25) is 0 Å². The first-order valence-electron chi connectivity index (χ1n) is 10.9. The van der Waals surface area contributed by atoms with E-state index in [1.54, 1.807) is 46.2 Å². The Kier molecular flexibility index (Phi) is 6.50. The lowest BCUT2D eigenvalue weighted by molar-refractivity contribution is 0.0671. The molecule has 1 saturated carbocycles. The molecule has 2 aliphatic rings. The second kappa shape index (κ2) is 9.64. The van der Waals surface area contributed by atoms with E-state index in [0.717, 1.165) is 12.8 Å². The van der Waals surface area contributed by atoms with Crippen LogP contribution in [0.4, 0.5) is 10.5 Å². The molecule has 4 amide bonds. The van der Waals surface area contributed by atoms with Gasteiger partial charge in [-0.1, -0.05) is 31.0 Å². The molecule has 0 atom stereocenters. The van der Waals surface area contributed by atoms with Crippen molar-refractivity contribution < 1.29 is 14.4 Å². The average molecular weight is 421 g/mol. The molecule has 7 nitrogen and oxygen atoms in total. The first kappa shape index (κ1) is 20.9. The van der Waals surface area contributed by atoms with Crippen LogP contribution < -0.4 is 10.6 Å². The third-order valence-corrected chi connectivity index (χ3v) is 5.96. The fourth-order valence-electron chi connectivity index (χ4n) is 4.12. The lowest BCUT2D eigenvalue weighted by Crippen LogP contribution is -2.51. The van der Waals surface area contributed by atoms with Crippen LogP contribution in [0.2, 0.25) is 0 Å². The van der Waals surface area contributed by atoms with Crippen LogP contribution in [0.5, 0.6) is 0 Å². The second-order valence-corrected chi connectivity index (χ2v) is 8.11. The molecule has 2 N–H and O–H groups in total. The van der Waals surface area contributed by atoms with E-state index in [1.807, 2.05) is 18.2 Å². The monoisotopic (exact) mass is 420 g/mol. The zero-order chi connectivity index (χ0) is 21.6. The highest BCUT2D eigenvalue weighted by molar-refractivity contribution is 5.96. The Morgan fingerprint density at radius 2 is 1.35 bits per heavy atom. The minimum absolute atomic E-state index is 0.00729. The van der Waals surface area contributed by atoms with E-state index in [-0.39, 0.29) is 23.9 Å². The smallest absolute Gasteiger partial charge is 0.321 e. The summed E-state index contributed by atoms with van der Waals surface area (Å²) in [5, 5.41) is 5.94. The molecule has 0 aromatic heterocycles. The van der Waals surface area contributed by atoms with Crippen LogP contribution in [0.1, 0.15) is 46.4 Å². The Hall–Kier alpha value is -3.35. The van der Waals surface area contributed by atoms with Crippen LogP contribution in [-0.2, 0) is 0 Å². The summed E-state index contributed by atoms with van der Waals surface area (Å²) < 4.78 is 0. The Morgan fingerprint density at radius 3 is 2.00 bits per heavy atom. The second-order valence-electron chi connectivity index (χ2n) is 8.11. The summed E-state index contributed by atoms with van der Waals surface area (Å²) in [7, 11) is 0. The van der Waals surface area contributed by atoms with E-state index in [4.69, 9.17) is 0 Å². The molecule has 0 unspecified atom stereocenters. The maximum absolute atomic E-state index is 12.6. The molecular weight excluding hydrogens is 392 g/mol. The van der Waals surface area contributed by atoms with E-state index >= 15 is 0 Å². The summed E-state index contributed by atoms with van der Waals surface area (Å²) in [6.07, 6.45) is 4.43. The number of hydrogen-bond acceptors (Lipinski definition) is 3. The van der Waals surface area contributed by atoms with Crippen molar-refractivity contribution in [3.05, 3.63) is 65.7 Å². The quantitative estimate of drug-likeness (QED) is 0.796. The van der Waals surface area contributed by atoms with Crippen molar-refractivity contribution in [3.8, 4) is 0 Å². The molecule has 0 bridgehead atoms. The van der Waals surface area contributed by atoms with Crippen molar-refractivity contribution in [2.24, 2.45) is 0 Å². The molecule has 1 saturated heterocycles. The van der Waals surface area contributed by atoms with Gasteiger partial charge in [-0.2, -0.15) is 0 Å².